The van der Waals surface area contributed by atoms with E-state index in [-0.39, 0.29) is 0 Å². The molecule has 0 atom stereocenters. The molecule has 0 unspecified atom stereocenters. The van der Waals surface area contributed by atoms with Crippen molar-refractivity contribution < 1.29 is 0 Å². The van der Waals surface area contributed by atoms with E-state index >= 15 is 0 Å². The third kappa shape index (κ3) is 4.09. The Morgan fingerprint density at radius 1 is 1.29 bits per heavy atom. The average Bonchev–Trinajstić information content (AvgIpc) is 3.12. The highest BCUT2D eigenvalue weighted by Gasteiger charge is 2.41. The zero-order valence-electron chi connectivity index (χ0n) is 10.9. The van der Waals surface area contributed by atoms with Gasteiger partial charge in [0.25, 0.3) is 0 Å². The van der Waals surface area contributed by atoms with Gasteiger partial charge in [0, 0.05) is 10.8 Å². The molecule has 3 nitrogen and oxygen atoms in total. The summed E-state index contributed by atoms with van der Waals surface area (Å²) >= 11 is 1.94. The Bertz CT molecular complexity index is 266. The van der Waals surface area contributed by atoms with Gasteiger partial charge in [-0.2, -0.15) is 11.8 Å². The smallest absolute Gasteiger partial charge is 0.188 e. The van der Waals surface area contributed by atoms with Crippen LogP contribution in [-0.2, 0) is 0 Å². The lowest BCUT2D eigenvalue weighted by Crippen LogP contribution is -2.40. The van der Waals surface area contributed by atoms with Crippen LogP contribution in [0.1, 0.15) is 51.4 Å². The van der Waals surface area contributed by atoms with Gasteiger partial charge in [-0.25, -0.2) is 0 Å². The van der Waals surface area contributed by atoms with Crippen LogP contribution in [-0.4, -0.2) is 29.5 Å². The molecular formula is C13H25N3S. The number of thioether (sulfide) groups is 1. The minimum atomic E-state index is 0.426. The summed E-state index contributed by atoms with van der Waals surface area (Å²) in [7, 11) is 0. The predicted octanol–water partition coefficient (Wildman–Crippen LogP) is 2.51. The summed E-state index contributed by atoms with van der Waals surface area (Å²) in [5.41, 5.74) is 5.97. The monoisotopic (exact) mass is 255 g/mol. The van der Waals surface area contributed by atoms with Gasteiger partial charge < -0.3 is 11.1 Å². The Labute approximate surface area is 109 Å². The predicted molar refractivity (Wildman–Crippen MR) is 76.6 cm³/mol. The lowest BCUT2D eigenvalue weighted by molar-refractivity contribution is 0.530. The Hall–Kier alpha value is -0.380. The highest BCUT2D eigenvalue weighted by Crippen LogP contribution is 2.47. The first-order valence-electron chi connectivity index (χ1n) is 6.86. The first-order valence-corrected chi connectivity index (χ1v) is 8.08. The number of nitrogens with one attached hydrogen (secondary N) is 1. The van der Waals surface area contributed by atoms with Gasteiger partial charge in [-0.15, -0.1) is 0 Å². The van der Waals surface area contributed by atoms with E-state index in [1.165, 1.54) is 51.4 Å². The maximum Gasteiger partial charge on any atom is 0.188 e. The van der Waals surface area contributed by atoms with Crippen molar-refractivity contribution in [3.63, 3.8) is 0 Å². The molecule has 0 amide bonds. The van der Waals surface area contributed by atoms with Crippen molar-refractivity contribution in [1.82, 2.24) is 5.32 Å². The van der Waals surface area contributed by atoms with E-state index in [0.29, 0.717) is 16.7 Å². The van der Waals surface area contributed by atoms with E-state index in [4.69, 9.17) is 5.73 Å². The Kier molecular flexibility index (Phi) is 4.60. The first-order chi connectivity index (χ1) is 8.24. The van der Waals surface area contributed by atoms with E-state index in [1.807, 2.05) is 11.8 Å². The average molecular weight is 255 g/mol. The van der Waals surface area contributed by atoms with Gasteiger partial charge in [0.1, 0.15) is 0 Å². The molecule has 2 saturated carbocycles. The molecule has 2 aliphatic carbocycles. The quantitative estimate of drug-likeness (QED) is 0.461. The van der Waals surface area contributed by atoms with Crippen LogP contribution in [0.15, 0.2) is 4.99 Å². The van der Waals surface area contributed by atoms with Crippen molar-refractivity contribution in [2.75, 3.05) is 12.8 Å². The minimum Gasteiger partial charge on any atom is -0.370 e. The summed E-state index contributed by atoms with van der Waals surface area (Å²) in [6, 6.07) is 0.561. The Morgan fingerprint density at radius 2 is 1.94 bits per heavy atom. The highest BCUT2D eigenvalue weighted by atomic mass is 32.2. The zero-order chi connectivity index (χ0) is 12.1. The van der Waals surface area contributed by atoms with E-state index in [0.717, 1.165) is 6.54 Å². The van der Waals surface area contributed by atoms with Crippen LogP contribution in [0.5, 0.6) is 0 Å². The first kappa shape index (κ1) is 13.1. The molecule has 2 fully saturated rings. The van der Waals surface area contributed by atoms with Gasteiger partial charge in [-0.05, 0) is 31.9 Å². The van der Waals surface area contributed by atoms with Gasteiger partial charge in [-0.3, -0.25) is 4.99 Å². The van der Waals surface area contributed by atoms with Crippen molar-refractivity contribution >= 4 is 17.7 Å². The summed E-state index contributed by atoms with van der Waals surface area (Å²) in [4.78, 5) is 4.52. The zero-order valence-corrected chi connectivity index (χ0v) is 11.7. The van der Waals surface area contributed by atoms with Crippen molar-refractivity contribution in [1.29, 1.82) is 0 Å². The molecule has 0 bridgehead atoms. The number of nitrogens with zero attached hydrogens (tertiary/aromatic N) is 1. The number of hydrogen-bond donors (Lipinski definition) is 2. The van der Waals surface area contributed by atoms with Crippen LogP contribution in [0, 0.1) is 0 Å². The molecule has 0 saturated heterocycles. The van der Waals surface area contributed by atoms with E-state index in [2.05, 4.69) is 16.6 Å². The van der Waals surface area contributed by atoms with Gasteiger partial charge in [0.15, 0.2) is 5.96 Å². The summed E-state index contributed by atoms with van der Waals surface area (Å²) in [6.07, 6.45) is 12.7. The minimum absolute atomic E-state index is 0.426. The van der Waals surface area contributed by atoms with Crippen LogP contribution < -0.4 is 11.1 Å². The van der Waals surface area contributed by atoms with Gasteiger partial charge in [0.05, 0.1) is 6.54 Å². The lowest BCUT2D eigenvalue weighted by atomic mass is 10.1. The van der Waals surface area contributed by atoms with Crippen molar-refractivity contribution in [3.8, 4) is 0 Å². The molecule has 0 spiro atoms. The third-order valence-electron chi connectivity index (χ3n) is 3.99. The molecule has 2 aliphatic rings. The van der Waals surface area contributed by atoms with Crippen molar-refractivity contribution in [2.24, 2.45) is 10.7 Å². The standard InChI is InChI=1S/C13H25N3S/c1-17-13(8-9-13)10-15-12(14)16-11-6-4-2-3-5-7-11/h11H,2-10H2,1H3,(H3,14,15,16). The summed E-state index contributed by atoms with van der Waals surface area (Å²) < 4.78 is 0.426. The molecule has 4 heteroatoms. The maximum absolute atomic E-state index is 5.97. The maximum atomic E-state index is 5.97. The summed E-state index contributed by atoms with van der Waals surface area (Å²) in [5.74, 6) is 0.664. The summed E-state index contributed by atoms with van der Waals surface area (Å²) in [5, 5.41) is 3.40. The van der Waals surface area contributed by atoms with Crippen LogP contribution in [0.4, 0.5) is 0 Å². The number of rotatable bonds is 4. The Balaban J connectivity index is 1.75. The molecule has 0 aromatic carbocycles. The largest absolute Gasteiger partial charge is 0.370 e. The van der Waals surface area contributed by atoms with Crippen LogP contribution >= 0.6 is 11.8 Å². The van der Waals surface area contributed by atoms with Gasteiger partial charge in [-0.1, -0.05) is 25.7 Å². The van der Waals surface area contributed by atoms with E-state index in [9.17, 15) is 0 Å². The highest BCUT2D eigenvalue weighted by molar-refractivity contribution is 8.00. The molecule has 3 N–H and O–H groups in total. The lowest BCUT2D eigenvalue weighted by Gasteiger charge is -2.17. The molecule has 0 aromatic rings. The van der Waals surface area contributed by atoms with Crippen molar-refractivity contribution in [2.45, 2.75) is 62.2 Å². The molecule has 0 aromatic heterocycles. The number of hydrogen-bond acceptors (Lipinski definition) is 2. The number of nitrogens with two attached hydrogens (primary N) is 1. The SMILES string of the molecule is CSC1(CN=C(N)NC2CCCCCC2)CC1. The van der Waals surface area contributed by atoms with Crippen molar-refractivity contribution in [3.05, 3.63) is 0 Å². The molecule has 0 heterocycles. The van der Waals surface area contributed by atoms with Crippen LogP contribution in [0.3, 0.4) is 0 Å². The molecule has 17 heavy (non-hydrogen) atoms. The molecule has 2 rings (SSSR count). The molecule has 98 valence electrons. The fourth-order valence-corrected chi connectivity index (χ4v) is 3.18. The fraction of sp³-hybridized carbons (Fsp3) is 0.923. The van der Waals surface area contributed by atoms with Gasteiger partial charge in [0.2, 0.25) is 0 Å². The van der Waals surface area contributed by atoms with E-state index in [1.54, 1.807) is 0 Å². The second-order valence-corrected chi connectivity index (χ2v) is 6.70. The second kappa shape index (κ2) is 5.98. The topological polar surface area (TPSA) is 50.4 Å². The van der Waals surface area contributed by atoms with Gasteiger partial charge >= 0.3 is 0 Å². The normalized spacial score (nSPS) is 25.4. The molecule has 0 radical (unpaired) electrons. The van der Waals surface area contributed by atoms with E-state index < -0.39 is 0 Å². The van der Waals surface area contributed by atoms with Crippen LogP contribution in [0.25, 0.3) is 0 Å². The molecule has 0 aliphatic heterocycles. The third-order valence-corrected chi connectivity index (χ3v) is 5.39. The number of aliphatic imine (C=N–C) groups is 1. The van der Waals surface area contributed by atoms with Crippen LogP contribution in [0.2, 0.25) is 0 Å². The Morgan fingerprint density at radius 3 is 2.47 bits per heavy atom. The number of guanidine groups is 1. The second-order valence-electron chi connectivity index (χ2n) is 5.42. The summed E-state index contributed by atoms with van der Waals surface area (Å²) in [6.45, 7) is 0.889. The fourth-order valence-electron chi connectivity index (χ4n) is 2.47. The molecular weight excluding hydrogens is 230 g/mol.